The van der Waals surface area contributed by atoms with Crippen molar-refractivity contribution >= 4 is 17.8 Å². The first kappa shape index (κ1) is 16.8. The molecule has 3 heterocycles. The summed E-state index contributed by atoms with van der Waals surface area (Å²) in [6.45, 7) is 4.26. The Kier molecular flexibility index (Phi) is 4.05. The van der Waals surface area contributed by atoms with Gasteiger partial charge in [-0.2, -0.15) is 0 Å². The smallest absolute Gasteiger partial charge is 0.329 e. The van der Waals surface area contributed by atoms with E-state index in [-0.39, 0.29) is 30.9 Å². The number of ether oxygens (including phenoxy) is 2. The van der Waals surface area contributed by atoms with Crippen LogP contribution in [0.3, 0.4) is 0 Å². The van der Waals surface area contributed by atoms with Crippen molar-refractivity contribution in [1.82, 2.24) is 4.90 Å². The maximum Gasteiger partial charge on any atom is 0.329 e. The van der Waals surface area contributed by atoms with Crippen LogP contribution in [0.1, 0.15) is 37.7 Å². The largest absolute Gasteiger partial charge is 0.459 e. The van der Waals surface area contributed by atoms with Gasteiger partial charge in [-0.05, 0) is 18.4 Å². The van der Waals surface area contributed by atoms with Crippen LogP contribution in [0.4, 0.5) is 0 Å². The quantitative estimate of drug-likeness (QED) is 0.613. The number of nitrogens with zero attached hydrogens (tertiary/aromatic N) is 1. The van der Waals surface area contributed by atoms with Crippen molar-refractivity contribution in [2.24, 2.45) is 0 Å². The molecule has 4 rings (SSSR count). The zero-order chi connectivity index (χ0) is 18.3. The summed E-state index contributed by atoms with van der Waals surface area (Å²) in [7, 11) is 0. The highest BCUT2D eigenvalue weighted by Gasteiger charge is 2.58. The minimum Gasteiger partial charge on any atom is -0.459 e. The normalized spacial score (nSPS) is 30.5. The third-order valence-electron chi connectivity index (χ3n) is 5.53. The van der Waals surface area contributed by atoms with E-state index in [0.29, 0.717) is 25.7 Å². The van der Waals surface area contributed by atoms with E-state index < -0.39 is 17.6 Å². The first-order chi connectivity index (χ1) is 12.5. The third-order valence-corrected chi connectivity index (χ3v) is 5.53. The molecular formula is C20H21NO5. The van der Waals surface area contributed by atoms with Crippen LogP contribution in [0, 0.1) is 0 Å². The van der Waals surface area contributed by atoms with Gasteiger partial charge in [0.15, 0.2) is 5.60 Å². The number of piperidine rings is 1. The second-order valence-electron chi connectivity index (χ2n) is 7.22. The molecule has 0 N–H and O–H groups in total. The molecule has 0 aliphatic carbocycles. The fourth-order valence-corrected chi connectivity index (χ4v) is 4.25. The van der Waals surface area contributed by atoms with E-state index in [1.807, 2.05) is 30.3 Å². The summed E-state index contributed by atoms with van der Waals surface area (Å²) in [5, 5.41) is 0. The molecule has 6 nitrogen and oxygen atoms in total. The van der Waals surface area contributed by atoms with Gasteiger partial charge < -0.3 is 14.4 Å². The lowest BCUT2D eigenvalue weighted by Gasteiger charge is -2.42. The van der Waals surface area contributed by atoms with Crippen molar-refractivity contribution in [2.45, 2.75) is 56.4 Å². The fourth-order valence-electron chi connectivity index (χ4n) is 4.25. The number of rotatable bonds is 3. The van der Waals surface area contributed by atoms with Crippen molar-refractivity contribution in [3.63, 3.8) is 0 Å². The molecule has 0 radical (unpaired) electrons. The second kappa shape index (κ2) is 6.27. The van der Waals surface area contributed by atoms with Gasteiger partial charge in [0.05, 0.1) is 6.04 Å². The van der Waals surface area contributed by atoms with E-state index in [4.69, 9.17) is 9.47 Å². The predicted octanol–water partition coefficient (Wildman–Crippen LogP) is 2.13. The molecule has 26 heavy (non-hydrogen) atoms. The Labute approximate surface area is 151 Å². The first-order valence-corrected chi connectivity index (χ1v) is 8.93. The van der Waals surface area contributed by atoms with Gasteiger partial charge in [0, 0.05) is 19.3 Å². The zero-order valence-electron chi connectivity index (χ0n) is 14.5. The Morgan fingerprint density at radius 3 is 2.73 bits per heavy atom. The van der Waals surface area contributed by atoms with E-state index in [2.05, 4.69) is 6.58 Å². The highest BCUT2D eigenvalue weighted by Crippen LogP contribution is 2.45. The van der Waals surface area contributed by atoms with Gasteiger partial charge in [-0.3, -0.25) is 9.59 Å². The molecular weight excluding hydrogens is 334 g/mol. The fraction of sp³-hybridized carbons (Fsp3) is 0.450. The number of benzene rings is 1. The highest BCUT2D eigenvalue weighted by molar-refractivity contribution is 5.95. The van der Waals surface area contributed by atoms with Gasteiger partial charge in [-0.1, -0.05) is 42.5 Å². The average molecular weight is 355 g/mol. The number of fused-ring (bicyclic) bond motifs is 1. The lowest BCUT2D eigenvalue weighted by atomic mass is 9.83. The minimum absolute atomic E-state index is 0.171. The molecule has 3 atom stereocenters. The SMILES string of the molecule is C=C1C[C@@]2(CCC(=O)O2)C(=O)N2C1CC[C@H]2C(=O)OCc1ccccc1. The predicted molar refractivity (Wildman–Crippen MR) is 91.7 cm³/mol. The Morgan fingerprint density at radius 1 is 1.27 bits per heavy atom. The summed E-state index contributed by atoms with van der Waals surface area (Å²) in [4.78, 5) is 38.9. The van der Waals surface area contributed by atoms with Gasteiger partial charge in [0.2, 0.25) is 0 Å². The number of carbonyl (C=O) groups is 3. The maximum atomic E-state index is 13.1. The molecule has 1 aromatic rings. The van der Waals surface area contributed by atoms with E-state index in [0.717, 1.165) is 11.1 Å². The summed E-state index contributed by atoms with van der Waals surface area (Å²) in [5.41, 5.74) is 0.566. The Hall–Kier alpha value is -2.63. The molecule has 0 saturated carbocycles. The second-order valence-corrected chi connectivity index (χ2v) is 7.22. The van der Waals surface area contributed by atoms with Gasteiger partial charge in [0.25, 0.3) is 5.91 Å². The summed E-state index contributed by atoms with van der Waals surface area (Å²) in [6.07, 6.45) is 2.14. The molecule has 3 saturated heterocycles. The average Bonchev–Trinajstić information content (AvgIpc) is 3.24. The monoisotopic (exact) mass is 355 g/mol. The van der Waals surface area contributed by atoms with Gasteiger partial charge in [0.1, 0.15) is 12.6 Å². The Balaban J connectivity index is 1.51. The van der Waals surface area contributed by atoms with E-state index >= 15 is 0 Å². The summed E-state index contributed by atoms with van der Waals surface area (Å²) < 4.78 is 10.8. The number of hydrogen-bond acceptors (Lipinski definition) is 5. The third kappa shape index (κ3) is 2.69. The van der Waals surface area contributed by atoms with Gasteiger partial charge in [-0.25, -0.2) is 4.79 Å². The number of hydrogen-bond donors (Lipinski definition) is 0. The molecule has 3 fully saturated rings. The maximum absolute atomic E-state index is 13.1. The van der Waals surface area contributed by atoms with Crippen molar-refractivity contribution in [3.8, 4) is 0 Å². The van der Waals surface area contributed by atoms with Gasteiger partial charge >= 0.3 is 11.9 Å². The van der Waals surface area contributed by atoms with Gasteiger partial charge in [-0.15, -0.1) is 0 Å². The van der Waals surface area contributed by atoms with Crippen LogP contribution >= 0.6 is 0 Å². The molecule has 1 amide bonds. The molecule has 0 bridgehead atoms. The Bertz CT molecular complexity index is 774. The molecule has 1 unspecified atom stereocenters. The molecule has 3 aliphatic rings. The van der Waals surface area contributed by atoms with Crippen LogP contribution in [-0.4, -0.2) is 40.4 Å². The highest BCUT2D eigenvalue weighted by atomic mass is 16.6. The number of amides is 1. The molecule has 1 aromatic carbocycles. The summed E-state index contributed by atoms with van der Waals surface area (Å²) >= 11 is 0. The van der Waals surface area contributed by atoms with Crippen LogP contribution in [-0.2, 0) is 30.5 Å². The number of esters is 2. The molecule has 3 aliphatic heterocycles. The van der Waals surface area contributed by atoms with Crippen LogP contribution in [0.2, 0.25) is 0 Å². The lowest BCUT2D eigenvalue weighted by Crippen LogP contribution is -2.59. The topological polar surface area (TPSA) is 72.9 Å². The van der Waals surface area contributed by atoms with Crippen molar-refractivity contribution in [3.05, 3.63) is 48.0 Å². The van der Waals surface area contributed by atoms with Crippen LogP contribution < -0.4 is 0 Å². The van der Waals surface area contributed by atoms with E-state index in [9.17, 15) is 14.4 Å². The minimum atomic E-state index is -1.17. The summed E-state index contributed by atoms with van der Waals surface area (Å²) in [5.74, 6) is -1.06. The molecule has 1 spiro atoms. The molecule has 136 valence electrons. The Morgan fingerprint density at radius 2 is 2.04 bits per heavy atom. The standard InChI is InChI=1S/C20H21NO5/c1-13-11-20(10-9-17(22)26-20)19(24)21-15(13)7-8-16(21)18(23)25-12-14-5-3-2-4-6-14/h2-6,15-16H,1,7-12H2/t15?,16-,20-/m0/s1. The van der Waals surface area contributed by atoms with Crippen molar-refractivity contribution in [2.75, 3.05) is 0 Å². The first-order valence-electron chi connectivity index (χ1n) is 8.93. The molecule has 0 aromatic heterocycles. The zero-order valence-corrected chi connectivity index (χ0v) is 14.5. The van der Waals surface area contributed by atoms with E-state index in [1.54, 1.807) is 4.90 Å². The molecule has 6 heteroatoms. The van der Waals surface area contributed by atoms with Crippen LogP contribution in [0.15, 0.2) is 42.5 Å². The number of carbonyl (C=O) groups excluding carboxylic acids is 3. The van der Waals surface area contributed by atoms with Crippen molar-refractivity contribution in [1.29, 1.82) is 0 Å². The van der Waals surface area contributed by atoms with Crippen LogP contribution in [0.25, 0.3) is 0 Å². The van der Waals surface area contributed by atoms with Crippen molar-refractivity contribution < 1.29 is 23.9 Å². The summed E-state index contributed by atoms with van der Waals surface area (Å²) in [6, 6.07) is 8.59. The van der Waals surface area contributed by atoms with Crippen LogP contribution in [0.5, 0.6) is 0 Å². The van der Waals surface area contributed by atoms with E-state index in [1.165, 1.54) is 0 Å². The lowest BCUT2D eigenvalue weighted by molar-refractivity contribution is -0.173.